The molecule has 0 radical (unpaired) electrons. The van der Waals surface area contributed by atoms with E-state index in [0.29, 0.717) is 18.3 Å². The molecular weight excluding hydrogens is 347 g/mol. The molecule has 2 aromatic rings. The standard InChI is InChI=1S/C10H13FN2O.C7H8O3S/c11-10-2-1-9(6-13-10)14-7-8-3-4-12-5-8;1-6-2-4-7(5-3-6)11(8,9)10/h1-2,6,8,12H,3-5,7H2;2-5H,1H3,(H,8,9,10)/t8-;/m1./s1. The zero-order valence-corrected chi connectivity index (χ0v) is 14.7. The average Bonchev–Trinajstić information content (AvgIpc) is 3.08. The third-order valence-corrected chi connectivity index (χ3v) is 4.54. The maximum Gasteiger partial charge on any atom is 0.294 e. The van der Waals surface area contributed by atoms with E-state index in [2.05, 4.69) is 10.3 Å². The lowest BCUT2D eigenvalue weighted by molar-refractivity contribution is 0.258. The van der Waals surface area contributed by atoms with Gasteiger partial charge in [-0.15, -0.1) is 0 Å². The number of pyridine rings is 1. The molecule has 25 heavy (non-hydrogen) atoms. The van der Waals surface area contributed by atoms with E-state index >= 15 is 0 Å². The van der Waals surface area contributed by atoms with Gasteiger partial charge in [0.15, 0.2) is 0 Å². The topological polar surface area (TPSA) is 88.5 Å². The number of nitrogens with one attached hydrogen (secondary N) is 1. The third kappa shape index (κ3) is 6.77. The zero-order valence-electron chi connectivity index (χ0n) is 13.9. The van der Waals surface area contributed by atoms with E-state index in [-0.39, 0.29) is 4.90 Å². The van der Waals surface area contributed by atoms with Crippen LogP contribution in [0, 0.1) is 18.8 Å². The predicted molar refractivity (Wildman–Crippen MR) is 91.7 cm³/mol. The molecule has 6 nitrogen and oxygen atoms in total. The molecule has 3 rings (SSSR count). The van der Waals surface area contributed by atoms with Gasteiger partial charge in [-0.2, -0.15) is 12.8 Å². The van der Waals surface area contributed by atoms with Crippen molar-refractivity contribution in [3.63, 3.8) is 0 Å². The van der Waals surface area contributed by atoms with Gasteiger partial charge < -0.3 is 10.1 Å². The summed E-state index contributed by atoms with van der Waals surface area (Å²) in [6, 6.07) is 8.90. The third-order valence-electron chi connectivity index (χ3n) is 3.67. The highest BCUT2D eigenvalue weighted by Crippen LogP contribution is 2.13. The van der Waals surface area contributed by atoms with Crippen LogP contribution in [0.5, 0.6) is 5.75 Å². The summed E-state index contributed by atoms with van der Waals surface area (Å²) in [6.45, 7) is 4.60. The number of nitrogens with zero attached hydrogens (tertiary/aromatic N) is 1. The summed E-state index contributed by atoms with van der Waals surface area (Å²) >= 11 is 0. The van der Waals surface area contributed by atoms with Crippen molar-refractivity contribution in [2.75, 3.05) is 19.7 Å². The Hall–Kier alpha value is -2.03. The highest BCUT2D eigenvalue weighted by molar-refractivity contribution is 7.85. The van der Waals surface area contributed by atoms with Gasteiger partial charge in [0.1, 0.15) is 5.75 Å². The van der Waals surface area contributed by atoms with Gasteiger partial charge >= 0.3 is 0 Å². The largest absolute Gasteiger partial charge is 0.492 e. The van der Waals surface area contributed by atoms with Crippen LogP contribution in [0.25, 0.3) is 0 Å². The number of hydrogen-bond donors (Lipinski definition) is 2. The van der Waals surface area contributed by atoms with Crippen molar-refractivity contribution in [2.45, 2.75) is 18.2 Å². The van der Waals surface area contributed by atoms with Crippen molar-refractivity contribution >= 4 is 10.1 Å². The molecule has 1 aromatic carbocycles. The predicted octanol–water partition coefficient (Wildman–Crippen LogP) is 2.45. The Labute approximate surface area is 146 Å². The van der Waals surface area contributed by atoms with Crippen LogP contribution in [0.1, 0.15) is 12.0 Å². The highest BCUT2D eigenvalue weighted by atomic mass is 32.2. The second kappa shape index (κ2) is 8.89. The van der Waals surface area contributed by atoms with E-state index < -0.39 is 16.1 Å². The molecule has 1 aliphatic heterocycles. The summed E-state index contributed by atoms with van der Waals surface area (Å²) in [6.07, 6.45) is 2.56. The molecule has 1 fully saturated rings. The number of aromatic nitrogens is 1. The molecule has 0 amide bonds. The molecule has 8 heteroatoms. The van der Waals surface area contributed by atoms with Crippen molar-refractivity contribution in [3.05, 3.63) is 54.1 Å². The number of hydrogen-bond acceptors (Lipinski definition) is 5. The van der Waals surface area contributed by atoms with Gasteiger partial charge in [-0.05, 0) is 44.2 Å². The van der Waals surface area contributed by atoms with Crippen LogP contribution in [-0.4, -0.2) is 37.7 Å². The lowest BCUT2D eigenvalue weighted by atomic mass is 10.1. The van der Waals surface area contributed by atoms with Gasteiger partial charge in [-0.25, -0.2) is 4.98 Å². The second-order valence-electron chi connectivity index (χ2n) is 5.77. The van der Waals surface area contributed by atoms with E-state index in [1.165, 1.54) is 24.4 Å². The van der Waals surface area contributed by atoms with E-state index in [1.54, 1.807) is 18.2 Å². The zero-order chi connectivity index (χ0) is 18.3. The number of aryl methyl sites for hydroxylation is 1. The molecule has 1 aliphatic rings. The average molecular weight is 368 g/mol. The number of rotatable bonds is 4. The fraction of sp³-hybridized carbons (Fsp3) is 0.353. The first-order valence-corrected chi connectivity index (χ1v) is 9.28. The van der Waals surface area contributed by atoms with Gasteiger partial charge in [-0.1, -0.05) is 17.7 Å². The van der Waals surface area contributed by atoms with Gasteiger partial charge in [0.05, 0.1) is 17.7 Å². The molecular formula is C17H21FN2O4S. The molecule has 2 heterocycles. The van der Waals surface area contributed by atoms with E-state index in [1.807, 2.05) is 6.92 Å². The van der Waals surface area contributed by atoms with Crippen LogP contribution in [-0.2, 0) is 10.1 Å². The van der Waals surface area contributed by atoms with Gasteiger partial charge in [0.2, 0.25) is 5.95 Å². The Morgan fingerprint density at radius 1 is 1.28 bits per heavy atom. The molecule has 1 atom stereocenters. The normalized spacial score (nSPS) is 16.8. The number of benzene rings is 1. The summed E-state index contributed by atoms with van der Waals surface area (Å²) in [7, 11) is -4.02. The fourth-order valence-electron chi connectivity index (χ4n) is 2.23. The Bertz CT molecular complexity index is 758. The first kappa shape index (κ1) is 19.3. The molecule has 1 saturated heterocycles. The summed E-state index contributed by atoms with van der Waals surface area (Å²) < 4.78 is 47.5. The number of ether oxygens (including phenoxy) is 1. The van der Waals surface area contributed by atoms with Crippen LogP contribution < -0.4 is 10.1 Å². The minimum absolute atomic E-state index is 0.0666. The quantitative estimate of drug-likeness (QED) is 0.637. The Morgan fingerprint density at radius 2 is 2.00 bits per heavy atom. The monoisotopic (exact) mass is 368 g/mol. The molecule has 0 bridgehead atoms. The van der Waals surface area contributed by atoms with E-state index in [0.717, 1.165) is 25.1 Å². The van der Waals surface area contributed by atoms with Crippen molar-refractivity contribution in [1.29, 1.82) is 0 Å². The summed E-state index contributed by atoms with van der Waals surface area (Å²) in [5.74, 6) is 0.734. The molecule has 0 unspecified atom stereocenters. The molecule has 0 spiro atoms. The van der Waals surface area contributed by atoms with Crippen LogP contribution in [0.15, 0.2) is 47.5 Å². The molecule has 2 N–H and O–H groups in total. The van der Waals surface area contributed by atoms with Gasteiger partial charge in [0, 0.05) is 12.5 Å². The van der Waals surface area contributed by atoms with E-state index in [9.17, 15) is 12.8 Å². The molecule has 0 aliphatic carbocycles. The summed E-state index contributed by atoms with van der Waals surface area (Å²) in [5.41, 5.74) is 0.956. The van der Waals surface area contributed by atoms with Gasteiger partial charge in [0.25, 0.3) is 10.1 Å². The second-order valence-corrected chi connectivity index (χ2v) is 7.20. The lowest BCUT2D eigenvalue weighted by Gasteiger charge is -2.09. The smallest absolute Gasteiger partial charge is 0.294 e. The number of halogens is 1. The minimum Gasteiger partial charge on any atom is -0.492 e. The first-order valence-electron chi connectivity index (χ1n) is 7.84. The summed E-state index contributed by atoms with van der Waals surface area (Å²) in [4.78, 5) is 3.45. The van der Waals surface area contributed by atoms with Gasteiger partial charge in [-0.3, -0.25) is 4.55 Å². The first-order chi connectivity index (χ1) is 11.8. The Kier molecular flexibility index (Phi) is 6.86. The van der Waals surface area contributed by atoms with Crippen molar-refractivity contribution < 1.29 is 22.1 Å². The van der Waals surface area contributed by atoms with Crippen LogP contribution in [0.4, 0.5) is 4.39 Å². The Balaban J connectivity index is 0.000000186. The lowest BCUT2D eigenvalue weighted by Crippen LogP contribution is -2.15. The highest BCUT2D eigenvalue weighted by Gasteiger charge is 2.14. The van der Waals surface area contributed by atoms with Crippen LogP contribution >= 0.6 is 0 Å². The van der Waals surface area contributed by atoms with Crippen LogP contribution in [0.2, 0.25) is 0 Å². The fourth-order valence-corrected chi connectivity index (χ4v) is 2.71. The van der Waals surface area contributed by atoms with E-state index in [4.69, 9.17) is 9.29 Å². The molecule has 0 saturated carbocycles. The van der Waals surface area contributed by atoms with Crippen LogP contribution in [0.3, 0.4) is 0 Å². The van der Waals surface area contributed by atoms with Crippen molar-refractivity contribution in [1.82, 2.24) is 10.3 Å². The molecule has 1 aromatic heterocycles. The Morgan fingerprint density at radius 3 is 2.52 bits per heavy atom. The summed E-state index contributed by atoms with van der Waals surface area (Å²) in [5, 5.41) is 3.26. The minimum atomic E-state index is -4.02. The SMILES string of the molecule is Cc1ccc(S(=O)(=O)O)cc1.Fc1ccc(OC[C@@H]2CCNC2)cn1. The maximum atomic E-state index is 12.5. The van der Waals surface area contributed by atoms with Crippen molar-refractivity contribution in [3.8, 4) is 5.75 Å². The molecule has 136 valence electrons. The maximum absolute atomic E-state index is 12.5. The van der Waals surface area contributed by atoms with Crippen molar-refractivity contribution in [2.24, 2.45) is 5.92 Å².